The van der Waals surface area contributed by atoms with Crippen LogP contribution in [0.5, 0.6) is 0 Å². The molecule has 0 aliphatic carbocycles. The number of aromatic nitrogens is 1. The lowest BCUT2D eigenvalue weighted by molar-refractivity contribution is -0.129. The molecule has 1 amide bonds. The first kappa shape index (κ1) is 12.8. The summed E-state index contributed by atoms with van der Waals surface area (Å²) in [7, 11) is 0. The molecule has 0 aromatic carbocycles. The van der Waals surface area contributed by atoms with E-state index in [9.17, 15) is 4.79 Å². The predicted molar refractivity (Wildman–Crippen MR) is 69.5 cm³/mol. The largest absolute Gasteiger partial charge is 0.353 e. The molecule has 6 nitrogen and oxygen atoms in total. The van der Waals surface area contributed by atoms with E-state index in [1.165, 1.54) is 0 Å². The Morgan fingerprint density at radius 3 is 3.22 bits per heavy atom. The molecule has 0 bridgehead atoms. The number of pyridine rings is 1. The van der Waals surface area contributed by atoms with Crippen LogP contribution < -0.4 is 16.6 Å². The molecule has 1 aromatic rings. The maximum absolute atomic E-state index is 11.7. The fraction of sp³-hybridized carbons (Fsp3) is 0.500. The van der Waals surface area contributed by atoms with Crippen molar-refractivity contribution in [1.82, 2.24) is 15.2 Å². The van der Waals surface area contributed by atoms with Gasteiger partial charge in [-0.25, -0.2) is 0 Å². The van der Waals surface area contributed by atoms with Crippen LogP contribution in [0.4, 0.5) is 5.69 Å². The van der Waals surface area contributed by atoms with Crippen molar-refractivity contribution in [2.24, 2.45) is 5.84 Å². The predicted octanol–water partition coefficient (Wildman–Crippen LogP) is 0.0776. The Morgan fingerprint density at radius 2 is 2.50 bits per heavy atom. The molecule has 1 unspecified atom stereocenters. The monoisotopic (exact) mass is 249 g/mol. The second-order valence-electron chi connectivity index (χ2n) is 4.37. The molecule has 2 rings (SSSR count). The molecule has 1 aliphatic heterocycles. The zero-order chi connectivity index (χ0) is 13.0. The van der Waals surface area contributed by atoms with Crippen molar-refractivity contribution in [2.45, 2.75) is 25.9 Å². The summed E-state index contributed by atoms with van der Waals surface area (Å²) in [5, 5.41) is 2.89. The van der Waals surface area contributed by atoms with Crippen LogP contribution in [0.3, 0.4) is 0 Å². The van der Waals surface area contributed by atoms with E-state index < -0.39 is 0 Å². The van der Waals surface area contributed by atoms with Crippen LogP contribution in [0.25, 0.3) is 0 Å². The van der Waals surface area contributed by atoms with Crippen molar-refractivity contribution in [3.8, 4) is 0 Å². The number of carbonyl (C=O) groups is 1. The summed E-state index contributed by atoms with van der Waals surface area (Å²) in [5.74, 6) is 5.48. The summed E-state index contributed by atoms with van der Waals surface area (Å²) in [6.45, 7) is 4.24. The van der Waals surface area contributed by atoms with E-state index in [4.69, 9.17) is 5.84 Å². The number of amides is 1. The van der Waals surface area contributed by atoms with Gasteiger partial charge in [-0.05, 0) is 18.6 Å². The molecule has 18 heavy (non-hydrogen) atoms. The van der Waals surface area contributed by atoms with Crippen LogP contribution in [0, 0.1) is 0 Å². The van der Waals surface area contributed by atoms with Crippen molar-refractivity contribution in [2.75, 3.05) is 18.5 Å². The maximum Gasteiger partial charge on any atom is 0.237 e. The molecule has 0 spiro atoms. The smallest absolute Gasteiger partial charge is 0.237 e. The number of hydrogen-bond donors (Lipinski definition) is 3. The highest BCUT2D eigenvalue weighted by Gasteiger charge is 2.27. The van der Waals surface area contributed by atoms with Crippen LogP contribution in [0.1, 0.15) is 19.0 Å². The minimum atomic E-state index is -0.0601. The Bertz CT molecular complexity index is 423. The number of nitrogens with one attached hydrogen (secondary N) is 2. The van der Waals surface area contributed by atoms with Gasteiger partial charge in [-0.15, -0.1) is 0 Å². The quantitative estimate of drug-likeness (QED) is 0.520. The molecule has 1 fully saturated rings. The molecule has 1 aromatic heterocycles. The zero-order valence-electron chi connectivity index (χ0n) is 10.5. The number of nitrogens with two attached hydrogens (primary N) is 1. The minimum absolute atomic E-state index is 0.0601. The van der Waals surface area contributed by atoms with Crippen LogP contribution in [0.2, 0.25) is 0 Å². The van der Waals surface area contributed by atoms with Crippen LogP contribution in [-0.4, -0.2) is 34.9 Å². The first-order valence-corrected chi connectivity index (χ1v) is 6.18. The molecular weight excluding hydrogens is 230 g/mol. The van der Waals surface area contributed by atoms with Crippen LogP contribution in [-0.2, 0) is 11.3 Å². The average Bonchev–Trinajstić information content (AvgIpc) is 2.39. The van der Waals surface area contributed by atoms with Crippen molar-refractivity contribution in [3.63, 3.8) is 0 Å². The molecule has 0 radical (unpaired) electrons. The summed E-state index contributed by atoms with van der Waals surface area (Å²) in [4.78, 5) is 18.2. The molecule has 6 heteroatoms. The van der Waals surface area contributed by atoms with E-state index >= 15 is 0 Å². The first-order valence-electron chi connectivity index (χ1n) is 6.18. The molecule has 1 atom stereocenters. The number of rotatable bonds is 4. The number of nitrogen functional groups attached to an aromatic ring is 1. The lowest BCUT2D eigenvalue weighted by atomic mass is 10.1. The second kappa shape index (κ2) is 5.79. The summed E-state index contributed by atoms with van der Waals surface area (Å²) in [6.07, 6.45) is 2.52. The van der Waals surface area contributed by atoms with Gasteiger partial charge in [-0.2, -0.15) is 0 Å². The fourth-order valence-corrected chi connectivity index (χ4v) is 2.26. The summed E-state index contributed by atoms with van der Waals surface area (Å²) in [6, 6.07) is 3.65. The van der Waals surface area contributed by atoms with Gasteiger partial charge in [0.2, 0.25) is 5.91 Å². The number of anilines is 1. The fourth-order valence-electron chi connectivity index (χ4n) is 2.26. The highest BCUT2D eigenvalue weighted by atomic mass is 16.2. The third-order valence-electron chi connectivity index (χ3n) is 3.18. The topological polar surface area (TPSA) is 83.3 Å². The van der Waals surface area contributed by atoms with E-state index in [2.05, 4.69) is 20.6 Å². The lowest BCUT2D eigenvalue weighted by Gasteiger charge is -2.34. The molecular formula is C12H19N5O. The van der Waals surface area contributed by atoms with Gasteiger partial charge >= 0.3 is 0 Å². The maximum atomic E-state index is 11.7. The van der Waals surface area contributed by atoms with Gasteiger partial charge in [0, 0.05) is 25.8 Å². The average molecular weight is 249 g/mol. The normalized spacial score (nSPS) is 20.6. The van der Waals surface area contributed by atoms with Gasteiger partial charge in [0.05, 0.1) is 17.4 Å². The van der Waals surface area contributed by atoms with Gasteiger partial charge in [-0.3, -0.25) is 20.5 Å². The lowest BCUT2D eigenvalue weighted by Crippen LogP contribution is -2.54. The molecule has 1 saturated heterocycles. The Morgan fingerprint density at radius 1 is 1.67 bits per heavy atom. The number of nitrogens with zero attached hydrogens (tertiary/aromatic N) is 2. The Balaban J connectivity index is 2.09. The number of hydrazine groups is 1. The SMILES string of the molecule is CCC1C(=O)NCCN1Cc1cc(NN)ccn1. The van der Waals surface area contributed by atoms with Crippen molar-refractivity contribution in [1.29, 1.82) is 0 Å². The van der Waals surface area contributed by atoms with Gasteiger partial charge in [0.15, 0.2) is 0 Å². The number of carbonyl (C=O) groups excluding carboxylic acids is 1. The Kier molecular flexibility index (Phi) is 4.11. The molecule has 4 N–H and O–H groups in total. The summed E-state index contributed by atoms with van der Waals surface area (Å²) in [5.41, 5.74) is 4.34. The molecule has 0 saturated carbocycles. The van der Waals surface area contributed by atoms with E-state index in [1.807, 2.05) is 19.1 Å². The van der Waals surface area contributed by atoms with Gasteiger partial charge in [0.1, 0.15) is 0 Å². The van der Waals surface area contributed by atoms with E-state index in [-0.39, 0.29) is 11.9 Å². The van der Waals surface area contributed by atoms with Crippen molar-refractivity contribution < 1.29 is 4.79 Å². The van der Waals surface area contributed by atoms with Crippen LogP contribution in [0.15, 0.2) is 18.3 Å². The molecule has 1 aliphatic rings. The third kappa shape index (κ3) is 2.77. The summed E-state index contributed by atoms with van der Waals surface area (Å²) < 4.78 is 0. The van der Waals surface area contributed by atoms with E-state index in [0.29, 0.717) is 13.1 Å². The Labute approximate surface area is 107 Å². The standard InChI is InChI=1S/C12H19N5O/c1-2-11-12(18)15-5-6-17(11)8-10-7-9(16-13)3-4-14-10/h3-4,7,11H,2,5-6,8,13H2,1H3,(H,14,16)(H,15,18). The third-order valence-corrected chi connectivity index (χ3v) is 3.18. The first-order chi connectivity index (χ1) is 8.74. The van der Waals surface area contributed by atoms with E-state index in [0.717, 1.165) is 24.3 Å². The molecule has 98 valence electrons. The second-order valence-corrected chi connectivity index (χ2v) is 4.37. The summed E-state index contributed by atoms with van der Waals surface area (Å²) >= 11 is 0. The van der Waals surface area contributed by atoms with E-state index in [1.54, 1.807) is 6.20 Å². The highest BCUT2D eigenvalue weighted by molar-refractivity contribution is 5.82. The highest BCUT2D eigenvalue weighted by Crippen LogP contribution is 2.14. The number of hydrogen-bond acceptors (Lipinski definition) is 5. The minimum Gasteiger partial charge on any atom is -0.353 e. The van der Waals surface area contributed by atoms with Crippen LogP contribution >= 0.6 is 0 Å². The number of piperazine rings is 1. The molecule has 2 heterocycles. The van der Waals surface area contributed by atoms with Gasteiger partial charge in [0.25, 0.3) is 0 Å². The van der Waals surface area contributed by atoms with Gasteiger partial charge in [-0.1, -0.05) is 6.92 Å². The van der Waals surface area contributed by atoms with Crippen molar-refractivity contribution >= 4 is 11.6 Å². The van der Waals surface area contributed by atoms with Gasteiger partial charge < -0.3 is 10.7 Å². The van der Waals surface area contributed by atoms with Crippen molar-refractivity contribution in [3.05, 3.63) is 24.0 Å². The Hall–Kier alpha value is -1.66. The zero-order valence-corrected chi connectivity index (χ0v) is 10.5.